The van der Waals surface area contributed by atoms with Crippen molar-refractivity contribution in [2.75, 3.05) is 31.1 Å². The lowest BCUT2D eigenvalue weighted by Crippen LogP contribution is -2.50. The zero-order valence-corrected chi connectivity index (χ0v) is 17.0. The summed E-state index contributed by atoms with van der Waals surface area (Å²) >= 11 is 0. The molecule has 11 nitrogen and oxygen atoms in total. The topological polar surface area (TPSA) is 129 Å². The number of anilines is 1. The lowest BCUT2D eigenvalue weighted by atomic mass is 10.2. The molecule has 11 heteroatoms. The van der Waals surface area contributed by atoms with Gasteiger partial charge in [0.25, 0.3) is 11.5 Å². The van der Waals surface area contributed by atoms with Gasteiger partial charge in [0.2, 0.25) is 11.8 Å². The molecule has 0 radical (unpaired) electrons. The molecular formula is C18H25N7O4. The Balaban J connectivity index is 1.91. The number of fused-ring (bicyclic) bond motifs is 1. The van der Waals surface area contributed by atoms with E-state index in [9.17, 15) is 14.4 Å². The van der Waals surface area contributed by atoms with E-state index in [4.69, 9.17) is 10.5 Å². The third kappa shape index (κ3) is 3.80. The zero-order valence-electron chi connectivity index (χ0n) is 17.0. The molecule has 3 rings (SSSR count). The van der Waals surface area contributed by atoms with E-state index in [1.165, 1.54) is 13.2 Å². The number of nitrogens with zero attached hydrogens (tertiary/aromatic N) is 6. The van der Waals surface area contributed by atoms with E-state index in [0.717, 1.165) is 4.57 Å². The highest BCUT2D eigenvalue weighted by atomic mass is 16.6. The number of carbonyl (C=O) groups excluding carboxylic acids is 2. The van der Waals surface area contributed by atoms with Gasteiger partial charge in [-0.05, 0) is 20.8 Å². The molecule has 2 amide bonds. The first-order chi connectivity index (χ1) is 13.5. The number of imidazole rings is 1. The van der Waals surface area contributed by atoms with Gasteiger partial charge in [0, 0.05) is 39.4 Å². The second-order valence-electron chi connectivity index (χ2n) is 7.75. The van der Waals surface area contributed by atoms with Gasteiger partial charge in [-0.15, -0.1) is 0 Å². The molecule has 2 N–H and O–H groups in total. The minimum absolute atomic E-state index is 0.117. The van der Waals surface area contributed by atoms with Gasteiger partial charge in [0.1, 0.15) is 5.60 Å². The summed E-state index contributed by atoms with van der Waals surface area (Å²) < 4.78 is 8.04. The third-order valence-corrected chi connectivity index (χ3v) is 4.53. The van der Waals surface area contributed by atoms with Crippen molar-refractivity contribution in [3.05, 3.63) is 22.8 Å². The second kappa shape index (κ2) is 7.22. The summed E-state index contributed by atoms with van der Waals surface area (Å²) in [6.45, 7) is 11.1. The average Bonchev–Trinajstić information content (AvgIpc) is 3.02. The van der Waals surface area contributed by atoms with Crippen molar-refractivity contribution < 1.29 is 14.3 Å². The molecule has 1 saturated heterocycles. The van der Waals surface area contributed by atoms with Crippen LogP contribution in [0, 0.1) is 0 Å². The first-order valence-corrected chi connectivity index (χ1v) is 9.17. The minimum Gasteiger partial charge on any atom is -0.444 e. The van der Waals surface area contributed by atoms with Crippen molar-refractivity contribution in [3.63, 3.8) is 0 Å². The summed E-state index contributed by atoms with van der Waals surface area (Å²) in [6, 6.07) is 0. The molecular weight excluding hydrogens is 378 g/mol. The fraction of sp³-hybridized carbons (Fsp3) is 0.500. The summed E-state index contributed by atoms with van der Waals surface area (Å²) in [6.07, 6.45) is 1.11. The standard InChI is InChI=1S/C18H25N7O4/c1-6-25-11-13(20-14(12(19)26)22(5)15(11)27)21-16(25)23-7-9-24(10-8-23)17(28)29-18(2,3)4/h6H,1,7-10H2,2-5H3,(H2,19,26). The van der Waals surface area contributed by atoms with Crippen LogP contribution < -0.4 is 16.2 Å². The molecule has 0 spiro atoms. The van der Waals surface area contributed by atoms with E-state index in [0.29, 0.717) is 32.1 Å². The van der Waals surface area contributed by atoms with Gasteiger partial charge < -0.3 is 20.3 Å². The maximum Gasteiger partial charge on any atom is 0.410 e. The van der Waals surface area contributed by atoms with Gasteiger partial charge >= 0.3 is 6.09 Å². The van der Waals surface area contributed by atoms with E-state index < -0.39 is 17.1 Å². The second-order valence-corrected chi connectivity index (χ2v) is 7.75. The lowest BCUT2D eigenvalue weighted by Gasteiger charge is -2.35. The van der Waals surface area contributed by atoms with Gasteiger partial charge in [0.15, 0.2) is 11.2 Å². The van der Waals surface area contributed by atoms with E-state index in [1.807, 2.05) is 25.7 Å². The van der Waals surface area contributed by atoms with Gasteiger partial charge in [-0.2, -0.15) is 4.98 Å². The van der Waals surface area contributed by atoms with Crippen LogP contribution in [-0.4, -0.2) is 67.8 Å². The molecule has 0 unspecified atom stereocenters. The number of amides is 2. The predicted molar refractivity (Wildman–Crippen MR) is 108 cm³/mol. The maximum atomic E-state index is 12.7. The molecule has 1 aliphatic rings. The highest BCUT2D eigenvalue weighted by Crippen LogP contribution is 2.22. The summed E-state index contributed by atoms with van der Waals surface area (Å²) in [5.74, 6) is -0.519. The normalized spacial score (nSPS) is 14.9. The molecule has 1 aliphatic heterocycles. The van der Waals surface area contributed by atoms with Gasteiger partial charge in [0.05, 0.1) is 0 Å². The SMILES string of the molecule is C=Cn1c(N2CCN(C(=O)OC(C)(C)C)CC2)nc2nc(C(N)=O)n(C)c(=O)c21. The monoisotopic (exact) mass is 403 g/mol. The number of hydrogen-bond donors (Lipinski definition) is 1. The Kier molecular flexibility index (Phi) is 5.07. The number of hydrogen-bond acceptors (Lipinski definition) is 7. The average molecular weight is 403 g/mol. The molecule has 156 valence electrons. The van der Waals surface area contributed by atoms with Crippen LogP contribution in [0.25, 0.3) is 17.4 Å². The Hall–Kier alpha value is -3.37. The van der Waals surface area contributed by atoms with Crippen LogP contribution >= 0.6 is 0 Å². The largest absolute Gasteiger partial charge is 0.444 e. The van der Waals surface area contributed by atoms with Crippen LogP contribution in [0.5, 0.6) is 0 Å². The molecule has 1 fully saturated rings. The van der Waals surface area contributed by atoms with E-state index in [1.54, 1.807) is 9.47 Å². The van der Waals surface area contributed by atoms with Crippen molar-refractivity contribution >= 4 is 35.3 Å². The number of rotatable bonds is 3. The Morgan fingerprint density at radius 3 is 2.31 bits per heavy atom. The number of piperazine rings is 1. The summed E-state index contributed by atoms with van der Waals surface area (Å²) in [4.78, 5) is 48.7. The van der Waals surface area contributed by atoms with E-state index >= 15 is 0 Å². The summed E-state index contributed by atoms with van der Waals surface area (Å²) in [7, 11) is 1.43. The Bertz CT molecular complexity index is 1040. The number of ether oxygens (including phenoxy) is 1. The molecule has 2 aromatic heterocycles. The predicted octanol–water partition coefficient (Wildman–Crippen LogP) is 0.387. The number of primary amides is 1. The molecule has 0 aliphatic carbocycles. The van der Waals surface area contributed by atoms with Crippen molar-refractivity contribution in [2.24, 2.45) is 12.8 Å². The van der Waals surface area contributed by atoms with Gasteiger partial charge in [-0.25, -0.2) is 9.78 Å². The Labute approximate surface area is 167 Å². The molecule has 3 heterocycles. The van der Waals surface area contributed by atoms with Gasteiger partial charge in [-0.1, -0.05) is 6.58 Å². The van der Waals surface area contributed by atoms with Crippen LogP contribution in [-0.2, 0) is 11.8 Å². The van der Waals surface area contributed by atoms with Crippen molar-refractivity contribution in [1.29, 1.82) is 0 Å². The first-order valence-electron chi connectivity index (χ1n) is 9.17. The minimum atomic E-state index is -0.813. The van der Waals surface area contributed by atoms with Gasteiger partial charge in [-0.3, -0.25) is 18.7 Å². The fourth-order valence-electron chi connectivity index (χ4n) is 3.15. The fourth-order valence-corrected chi connectivity index (χ4v) is 3.15. The molecule has 0 saturated carbocycles. The number of aromatic nitrogens is 4. The Morgan fingerprint density at radius 2 is 1.79 bits per heavy atom. The van der Waals surface area contributed by atoms with Crippen LogP contribution in [0.2, 0.25) is 0 Å². The molecule has 0 bridgehead atoms. The number of nitrogens with two attached hydrogens (primary N) is 1. The van der Waals surface area contributed by atoms with Crippen molar-refractivity contribution in [2.45, 2.75) is 26.4 Å². The van der Waals surface area contributed by atoms with E-state index in [2.05, 4.69) is 16.5 Å². The van der Waals surface area contributed by atoms with Crippen LogP contribution in [0.15, 0.2) is 11.4 Å². The maximum absolute atomic E-state index is 12.7. The van der Waals surface area contributed by atoms with Crippen LogP contribution in [0.3, 0.4) is 0 Å². The summed E-state index contributed by atoms with van der Waals surface area (Å²) in [5, 5.41) is 0. The quantitative estimate of drug-likeness (QED) is 0.785. The summed E-state index contributed by atoms with van der Waals surface area (Å²) in [5.41, 5.74) is 4.62. The Morgan fingerprint density at radius 1 is 1.17 bits per heavy atom. The molecule has 2 aromatic rings. The molecule has 29 heavy (non-hydrogen) atoms. The zero-order chi connectivity index (χ0) is 21.5. The molecule has 0 atom stereocenters. The van der Waals surface area contributed by atoms with Crippen molar-refractivity contribution in [1.82, 2.24) is 24.0 Å². The van der Waals surface area contributed by atoms with Crippen LogP contribution in [0.1, 0.15) is 31.4 Å². The number of carbonyl (C=O) groups is 2. The lowest BCUT2D eigenvalue weighted by molar-refractivity contribution is 0.0240. The van der Waals surface area contributed by atoms with Crippen molar-refractivity contribution in [3.8, 4) is 0 Å². The first kappa shape index (κ1) is 20.4. The highest BCUT2D eigenvalue weighted by molar-refractivity contribution is 5.91. The molecule has 0 aromatic carbocycles. The third-order valence-electron chi connectivity index (χ3n) is 4.53. The smallest absolute Gasteiger partial charge is 0.410 e. The van der Waals surface area contributed by atoms with E-state index in [-0.39, 0.29) is 23.1 Å². The highest BCUT2D eigenvalue weighted by Gasteiger charge is 2.29. The van der Waals surface area contributed by atoms with Crippen LogP contribution in [0.4, 0.5) is 10.7 Å².